The molecule has 3 aromatic rings. The van der Waals surface area contributed by atoms with Gasteiger partial charge in [0.1, 0.15) is 16.7 Å². The largest absolute Gasteiger partial charge is 0.394 e. The van der Waals surface area contributed by atoms with Gasteiger partial charge in [-0.15, -0.1) is 0 Å². The number of aliphatic hydroxyl groups is 1. The zero-order valence-electron chi connectivity index (χ0n) is 18.5. The summed E-state index contributed by atoms with van der Waals surface area (Å²) in [5.74, 6) is 0.392. The molecular formula is C23H31N7O2. The Labute approximate surface area is 187 Å². The van der Waals surface area contributed by atoms with Crippen LogP contribution in [0.2, 0.25) is 0 Å². The van der Waals surface area contributed by atoms with Gasteiger partial charge in [-0.25, -0.2) is 9.67 Å². The summed E-state index contributed by atoms with van der Waals surface area (Å²) in [5.41, 5.74) is 8.20. The number of nitrogens with two attached hydrogens (primary N) is 1. The van der Waals surface area contributed by atoms with E-state index in [1.807, 2.05) is 19.1 Å². The van der Waals surface area contributed by atoms with Crippen LogP contribution in [0, 0.1) is 0 Å². The summed E-state index contributed by atoms with van der Waals surface area (Å²) in [6, 6.07) is 8.11. The summed E-state index contributed by atoms with van der Waals surface area (Å²) in [6.45, 7) is 5.60. The van der Waals surface area contributed by atoms with Crippen LogP contribution in [0.4, 0.5) is 11.8 Å². The van der Waals surface area contributed by atoms with E-state index in [1.54, 1.807) is 0 Å². The van der Waals surface area contributed by atoms with Crippen molar-refractivity contribution in [2.24, 2.45) is 0 Å². The molecule has 9 nitrogen and oxygen atoms in total. The zero-order chi connectivity index (χ0) is 22.5. The highest BCUT2D eigenvalue weighted by atomic mass is 16.3. The first-order chi connectivity index (χ1) is 15.6. The van der Waals surface area contributed by atoms with Crippen molar-refractivity contribution >= 4 is 22.7 Å². The van der Waals surface area contributed by atoms with E-state index in [9.17, 15) is 9.90 Å². The van der Waals surface area contributed by atoms with Crippen molar-refractivity contribution in [1.82, 2.24) is 24.6 Å². The van der Waals surface area contributed by atoms with Gasteiger partial charge < -0.3 is 16.2 Å². The molecule has 1 saturated heterocycles. The van der Waals surface area contributed by atoms with E-state index < -0.39 is 0 Å². The van der Waals surface area contributed by atoms with E-state index in [4.69, 9.17) is 5.73 Å². The van der Waals surface area contributed by atoms with Crippen LogP contribution in [0.5, 0.6) is 0 Å². The number of nitrogens with one attached hydrogen (secondary N) is 1. The summed E-state index contributed by atoms with van der Waals surface area (Å²) in [7, 11) is 0. The molecule has 1 atom stereocenters. The summed E-state index contributed by atoms with van der Waals surface area (Å²) < 4.78 is 1.41. The number of nitrogen functional groups attached to an aromatic ring is 1. The number of aromatic nitrogens is 4. The van der Waals surface area contributed by atoms with Crippen LogP contribution in [-0.2, 0) is 13.1 Å². The van der Waals surface area contributed by atoms with Gasteiger partial charge in [-0.2, -0.15) is 10.1 Å². The molecule has 32 heavy (non-hydrogen) atoms. The van der Waals surface area contributed by atoms with E-state index in [2.05, 4.69) is 37.4 Å². The highest BCUT2D eigenvalue weighted by Crippen LogP contribution is 2.19. The average molecular weight is 438 g/mol. The van der Waals surface area contributed by atoms with Gasteiger partial charge >= 0.3 is 0 Å². The number of benzene rings is 1. The van der Waals surface area contributed by atoms with Gasteiger partial charge in [0.25, 0.3) is 5.56 Å². The standard InChI is InChI=1S/C23H31N7O2/c1-2-5-18(15-31)26-21-20-19(27-23(24)28-21)12-25-30(22(20)32)14-17-8-6-16(7-9-17)13-29-10-3-4-11-29/h6-9,12,18,31H,2-5,10-11,13-15H2,1H3,(H3,24,26,27,28)/t18-/m0/s1. The van der Waals surface area contributed by atoms with Crippen molar-refractivity contribution in [2.45, 2.75) is 51.7 Å². The summed E-state index contributed by atoms with van der Waals surface area (Å²) in [6.07, 6.45) is 5.72. The van der Waals surface area contributed by atoms with Gasteiger partial charge in [-0.1, -0.05) is 37.6 Å². The number of nitrogens with zero attached hydrogens (tertiary/aromatic N) is 5. The molecule has 0 unspecified atom stereocenters. The fourth-order valence-corrected chi connectivity index (χ4v) is 4.20. The fourth-order valence-electron chi connectivity index (χ4n) is 4.20. The number of fused-ring (bicyclic) bond motifs is 1. The molecule has 1 fully saturated rings. The lowest BCUT2D eigenvalue weighted by Gasteiger charge is -2.17. The molecule has 2 aromatic heterocycles. The summed E-state index contributed by atoms with van der Waals surface area (Å²) in [4.78, 5) is 24.1. The van der Waals surface area contributed by atoms with E-state index in [0.717, 1.165) is 38.0 Å². The third-order valence-corrected chi connectivity index (χ3v) is 5.88. The zero-order valence-corrected chi connectivity index (χ0v) is 18.5. The van der Waals surface area contributed by atoms with Crippen LogP contribution in [0.15, 0.2) is 35.3 Å². The Balaban J connectivity index is 1.59. The van der Waals surface area contributed by atoms with Crippen LogP contribution in [0.1, 0.15) is 43.7 Å². The van der Waals surface area contributed by atoms with Crippen LogP contribution in [0.25, 0.3) is 10.9 Å². The number of anilines is 2. The van der Waals surface area contributed by atoms with Gasteiger partial charge in [0.15, 0.2) is 0 Å². The smallest absolute Gasteiger partial charge is 0.280 e. The SMILES string of the molecule is CCC[C@@H](CO)Nc1nc(N)nc2cnn(Cc3ccc(CN4CCCC4)cc3)c(=O)c12. The van der Waals surface area contributed by atoms with Crippen LogP contribution >= 0.6 is 0 Å². The predicted molar refractivity (Wildman–Crippen MR) is 125 cm³/mol. The molecule has 0 spiro atoms. The molecule has 9 heteroatoms. The topological polar surface area (TPSA) is 122 Å². The van der Waals surface area contributed by atoms with Gasteiger partial charge in [-0.3, -0.25) is 9.69 Å². The molecule has 0 amide bonds. The number of likely N-dealkylation sites (tertiary alicyclic amines) is 1. The Bertz CT molecular complexity index is 1110. The Kier molecular flexibility index (Phi) is 6.96. The molecule has 1 aromatic carbocycles. The van der Waals surface area contributed by atoms with Gasteiger partial charge in [-0.05, 0) is 43.5 Å². The lowest BCUT2D eigenvalue weighted by molar-refractivity contribution is 0.268. The molecule has 0 saturated carbocycles. The molecule has 0 bridgehead atoms. The van der Waals surface area contributed by atoms with E-state index in [0.29, 0.717) is 23.3 Å². The van der Waals surface area contributed by atoms with Crippen molar-refractivity contribution in [3.63, 3.8) is 0 Å². The van der Waals surface area contributed by atoms with Crippen LogP contribution in [0.3, 0.4) is 0 Å². The normalized spacial score (nSPS) is 15.3. The van der Waals surface area contributed by atoms with Crippen molar-refractivity contribution in [3.8, 4) is 0 Å². The molecule has 0 aliphatic carbocycles. The lowest BCUT2D eigenvalue weighted by Crippen LogP contribution is -2.28. The van der Waals surface area contributed by atoms with Crippen molar-refractivity contribution in [1.29, 1.82) is 0 Å². The second-order valence-electron chi connectivity index (χ2n) is 8.41. The monoisotopic (exact) mass is 437 g/mol. The molecule has 1 aliphatic heterocycles. The maximum atomic E-state index is 13.3. The van der Waals surface area contributed by atoms with Crippen LogP contribution < -0.4 is 16.6 Å². The first-order valence-electron chi connectivity index (χ1n) is 11.3. The minimum absolute atomic E-state index is 0.0562. The third-order valence-electron chi connectivity index (χ3n) is 5.88. The Hall–Kier alpha value is -3.04. The second-order valence-corrected chi connectivity index (χ2v) is 8.41. The van der Waals surface area contributed by atoms with Crippen LogP contribution in [-0.4, -0.2) is 55.5 Å². The number of hydrogen-bond acceptors (Lipinski definition) is 8. The molecule has 4 rings (SSSR count). The maximum Gasteiger partial charge on any atom is 0.280 e. The molecule has 1 aliphatic rings. The predicted octanol–water partition coefficient (Wildman–Crippen LogP) is 1.99. The summed E-state index contributed by atoms with van der Waals surface area (Å²) >= 11 is 0. The Morgan fingerprint density at radius 2 is 1.81 bits per heavy atom. The van der Waals surface area contributed by atoms with Crippen molar-refractivity contribution in [2.75, 3.05) is 30.7 Å². The minimum atomic E-state index is -0.292. The van der Waals surface area contributed by atoms with E-state index in [-0.39, 0.29) is 24.2 Å². The first kappa shape index (κ1) is 22.2. The molecule has 170 valence electrons. The van der Waals surface area contributed by atoms with Crippen molar-refractivity contribution < 1.29 is 5.11 Å². The second kappa shape index (κ2) is 10.1. The fraction of sp³-hybridized carbons (Fsp3) is 0.478. The highest BCUT2D eigenvalue weighted by Gasteiger charge is 2.17. The highest BCUT2D eigenvalue weighted by molar-refractivity contribution is 5.88. The average Bonchev–Trinajstić information content (AvgIpc) is 3.29. The molecule has 0 radical (unpaired) electrons. The number of rotatable bonds is 9. The van der Waals surface area contributed by atoms with E-state index in [1.165, 1.54) is 29.3 Å². The molecule has 3 heterocycles. The Morgan fingerprint density at radius 1 is 1.12 bits per heavy atom. The van der Waals surface area contributed by atoms with Crippen molar-refractivity contribution in [3.05, 3.63) is 51.9 Å². The first-order valence-corrected chi connectivity index (χ1v) is 11.3. The number of hydrogen-bond donors (Lipinski definition) is 3. The van der Waals surface area contributed by atoms with Gasteiger partial charge in [0, 0.05) is 6.54 Å². The lowest BCUT2D eigenvalue weighted by atomic mass is 10.1. The van der Waals surface area contributed by atoms with Gasteiger partial charge in [0.05, 0.1) is 25.4 Å². The molecular weight excluding hydrogens is 406 g/mol. The summed E-state index contributed by atoms with van der Waals surface area (Å²) in [5, 5.41) is 17.4. The van der Waals surface area contributed by atoms with Gasteiger partial charge in [0.2, 0.25) is 5.95 Å². The third kappa shape index (κ3) is 5.05. The maximum absolute atomic E-state index is 13.3. The Morgan fingerprint density at radius 3 is 2.47 bits per heavy atom. The molecule has 4 N–H and O–H groups in total. The number of aliphatic hydroxyl groups excluding tert-OH is 1. The van der Waals surface area contributed by atoms with E-state index >= 15 is 0 Å². The minimum Gasteiger partial charge on any atom is -0.394 e. The quantitative estimate of drug-likeness (QED) is 0.465.